The largest absolute Gasteiger partial charge is 0.508 e. The smallest absolute Gasteiger partial charge is 0.131 e. The van der Waals surface area contributed by atoms with Crippen molar-refractivity contribution in [3.05, 3.63) is 22.8 Å². The molecule has 2 aliphatic carbocycles. The molecule has 0 unspecified atom stereocenters. The number of ether oxygens (including phenoxy) is 1. The highest BCUT2D eigenvalue weighted by Crippen LogP contribution is 2.66. The second-order valence-corrected chi connectivity index (χ2v) is 10.4. The Kier molecular flexibility index (Phi) is 3.57. The number of aliphatic hydroxyl groups excluding tert-OH is 1. The number of hydrogen-bond donors (Lipinski definition) is 3. The van der Waals surface area contributed by atoms with Gasteiger partial charge in [-0.25, -0.2) is 0 Å². The predicted molar refractivity (Wildman–Crippen MR) is 105 cm³/mol. The van der Waals surface area contributed by atoms with Gasteiger partial charge in [0.15, 0.2) is 0 Å². The lowest BCUT2D eigenvalue weighted by Gasteiger charge is -2.67. The van der Waals surface area contributed by atoms with Crippen LogP contribution in [0.1, 0.15) is 70.1 Å². The molecule has 0 aromatic heterocycles. The van der Waals surface area contributed by atoms with Crippen molar-refractivity contribution in [2.45, 2.75) is 84.6 Å². The fourth-order valence-electron chi connectivity index (χ4n) is 7.03. The Morgan fingerprint density at radius 1 is 1.11 bits per heavy atom. The zero-order valence-corrected chi connectivity index (χ0v) is 17.1. The van der Waals surface area contributed by atoms with Gasteiger partial charge in [0.25, 0.3) is 0 Å². The molecule has 0 bridgehead atoms. The van der Waals surface area contributed by atoms with Crippen molar-refractivity contribution in [3.8, 4) is 11.5 Å². The van der Waals surface area contributed by atoms with Crippen molar-refractivity contribution >= 4 is 0 Å². The molecule has 2 fully saturated rings. The fourth-order valence-corrected chi connectivity index (χ4v) is 7.03. The van der Waals surface area contributed by atoms with Crippen LogP contribution in [0.2, 0.25) is 0 Å². The third kappa shape index (κ3) is 2.06. The molecule has 5 rings (SSSR count). The predicted octanol–water partition coefficient (Wildman–Crippen LogP) is 3.90. The molecule has 4 aliphatic rings. The molecule has 1 aromatic rings. The number of phenols is 1. The molecule has 1 spiro atoms. The Bertz CT molecular complexity index is 803. The minimum atomic E-state index is -0.271. The number of fused-ring (bicyclic) bond motifs is 3. The van der Waals surface area contributed by atoms with Gasteiger partial charge in [-0.15, -0.1) is 0 Å². The number of aliphatic hydroxyl groups is 1. The lowest BCUT2D eigenvalue weighted by atomic mass is 9.43. The van der Waals surface area contributed by atoms with Gasteiger partial charge < -0.3 is 20.3 Å². The maximum absolute atomic E-state index is 10.8. The van der Waals surface area contributed by atoms with E-state index in [4.69, 9.17) is 4.74 Å². The molecular formula is C23H33NO3. The summed E-state index contributed by atoms with van der Waals surface area (Å²) in [7, 11) is 0. The van der Waals surface area contributed by atoms with Crippen molar-refractivity contribution in [1.29, 1.82) is 0 Å². The summed E-state index contributed by atoms with van der Waals surface area (Å²) in [5, 5.41) is 25.0. The molecule has 4 nitrogen and oxygen atoms in total. The first-order valence-corrected chi connectivity index (χ1v) is 10.6. The van der Waals surface area contributed by atoms with Crippen LogP contribution in [0.4, 0.5) is 0 Å². The molecule has 0 saturated heterocycles. The van der Waals surface area contributed by atoms with Gasteiger partial charge in [-0.05, 0) is 55.1 Å². The molecule has 2 aliphatic heterocycles. The zero-order chi connectivity index (χ0) is 19.2. The van der Waals surface area contributed by atoms with Crippen LogP contribution in [-0.2, 0) is 19.5 Å². The van der Waals surface area contributed by atoms with Gasteiger partial charge in [-0.3, -0.25) is 0 Å². The molecule has 0 amide bonds. The van der Waals surface area contributed by atoms with E-state index in [-0.39, 0.29) is 22.5 Å². The average Bonchev–Trinajstić information content (AvgIpc) is 3.07. The maximum atomic E-state index is 10.8. The monoisotopic (exact) mass is 371 g/mol. The molecule has 2 saturated carbocycles. The lowest BCUT2D eigenvalue weighted by molar-refractivity contribution is -0.233. The Balaban J connectivity index is 1.72. The second kappa shape index (κ2) is 5.42. The summed E-state index contributed by atoms with van der Waals surface area (Å²) < 4.78 is 7.10. The van der Waals surface area contributed by atoms with Gasteiger partial charge in [0.2, 0.25) is 0 Å². The first kappa shape index (κ1) is 17.8. The van der Waals surface area contributed by atoms with Gasteiger partial charge in [-0.2, -0.15) is 0 Å². The van der Waals surface area contributed by atoms with E-state index in [1.54, 1.807) is 0 Å². The second-order valence-electron chi connectivity index (χ2n) is 10.4. The van der Waals surface area contributed by atoms with E-state index in [9.17, 15) is 10.2 Å². The Morgan fingerprint density at radius 3 is 2.67 bits per heavy atom. The summed E-state index contributed by atoms with van der Waals surface area (Å²) in [6.45, 7) is 10.8. The number of benzene rings is 1. The topological polar surface area (TPSA) is 61.7 Å². The Labute approximate surface area is 162 Å². The van der Waals surface area contributed by atoms with Crippen LogP contribution in [0.5, 0.6) is 11.5 Å². The van der Waals surface area contributed by atoms with Crippen LogP contribution in [0, 0.1) is 22.7 Å². The molecule has 2 heterocycles. The maximum Gasteiger partial charge on any atom is 0.131 e. The van der Waals surface area contributed by atoms with E-state index < -0.39 is 0 Å². The Hall–Kier alpha value is -1.26. The molecule has 0 radical (unpaired) electrons. The van der Waals surface area contributed by atoms with Crippen LogP contribution in [0.3, 0.4) is 0 Å². The lowest BCUT2D eigenvalue weighted by Crippen LogP contribution is -2.70. The molecule has 4 heteroatoms. The zero-order valence-electron chi connectivity index (χ0n) is 17.1. The minimum Gasteiger partial charge on any atom is -0.508 e. The van der Waals surface area contributed by atoms with Crippen LogP contribution < -0.4 is 10.1 Å². The number of hydrogen-bond acceptors (Lipinski definition) is 4. The average molecular weight is 372 g/mol. The quantitative estimate of drug-likeness (QED) is 0.647. The molecular weight excluding hydrogens is 338 g/mol. The molecule has 3 N–H and O–H groups in total. The van der Waals surface area contributed by atoms with E-state index in [1.165, 1.54) is 11.1 Å². The van der Waals surface area contributed by atoms with E-state index in [2.05, 4.69) is 33.0 Å². The van der Waals surface area contributed by atoms with Gasteiger partial charge in [0.1, 0.15) is 17.1 Å². The van der Waals surface area contributed by atoms with Crippen LogP contribution >= 0.6 is 0 Å². The van der Waals surface area contributed by atoms with E-state index >= 15 is 0 Å². The fraction of sp³-hybridized carbons (Fsp3) is 0.739. The van der Waals surface area contributed by atoms with Gasteiger partial charge in [0, 0.05) is 35.5 Å². The van der Waals surface area contributed by atoms with Crippen LogP contribution in [0.25, 0.3) is 0 Å². The van der Waals surface area contributed by atoms with Crippen LogP contribution in [-0.4, -0.2) is 21.9 Å². The van der Waals surface area contributed by atoms with Crippen molar-refractivity contribution in [2.75, 3.05) is 0 Å². The molecule has 27 heavy (non-hydrogen) atoms. The van der Waals surface area contributed by atoms with Crippen molar-refractivity contribution in [2.24, 2.45) is 22.7 Å². The van der Waals surface area contributed by atoms with Gasteiger partial charge >= 0.3 is 0 Å². The standard InChI is InChI=1S/C23H33NO3/c1-13-5-6-18-21(2,3)19(26)7-8-23(18)22(13,4)10-15-17(25)9-14-11-24-12-16(14)20(15)27-23/h9,13,18-19,24-26H,5-8,10-12H2,1-4H3/t13-,18-,19-,22+,23-/m0/s1. The van der Waals surface area contributed by atoms with Gasteiger partial charge in [-0.1, -0.05) is 27.7 Å². The minimum absolute atomic E-state index is 0.0297. The highest BCUT2D eigenvalue weighted by molar-refractivity contribution is 5.57. The molecule has 148 valence electrons. The summed E-state index contributed by atoms with van der Waals surface area (Å²) in [6, 6.07) is 1.94. The summed E-state index contributed by atoms with van der Waals surface area (Å²) >= 11 is 0. The van der Waals surface area contributed by atoms with Crippen molar-refractivity contribution < 1.29 is 14.9 Å². The highest BCUT2D eigenvalue weighted by Gasteiger charge is 2.67. The molecule has 5 atom stereocenters. The number of nitrogens with one attached hydrogen (secondary N) is 1. The van der Waals surface area contributed by atoms with Crippen LogP contribution in [0.15, 0.2) is 6.07 Å². The number of phenolic OH excluding ortho intramolecular Hbond substituents is 1. The third-order valence-corrected chi connectivity index (χ3v) is 9.05. The summed E-state index contributed by atoms with van der Waals surface area (Å²) in [5.41, 5.74) is 2.96. The number of rotatable bonds is 0. The Morgan fingerprint density at radius 2 is 1.89 bits per heavy atom. The normalized spacial score (nSPS) is 41.7. The van der Waals surface area contributed by atoms with E-state index in [0.717, 1.165) is 56.5 Å². The summed E-state index contributed by atoms with van der Waals surface area (Å²) in [4.78, 5) is 0. The summed E-state index contributed by atoms with van der Waals surface area (Å²) in [5.74, 6) is 2.20. The third-order valence-electron chi connectivity index (χ3n) is 9.05. The highest BCUT2D eigenvalue weighted by atomic mass is 16.5. The van der Waals surface area contributed by atoms with E-state index in [1.807, 2.05) is 6.07 Å². The van der Waals surface area contributed by atoms with Crippen molar-refractivity contribution in [1.82, 2.24) is 5.32 Å². The molecule has 1 aromatic carbocycles. The first-order chi connectivity index (χ1) is 12.7. The summed E-state index contributed by atoms with van der Waals surface area (Å²) in [6.07, 6.45) is 4.55. The SMILES string of the molecule is C[C@H]1CC[C@H]2C(C)(C)[C@@H](O)CC[C@]23Oc2c(c(O)cc4c2CNC4)C[C@]13C. The number of aromatic hydroxyl groups is 1. The van der Waals surface area contributed by atoms with Crippen molar-refractivity contribution in [3.63, 3.8) is 0 Å². The first-order valence-electron chi connectivity index (χ1n) is 10.6. The van der Waals surface area contributed by atoms with Gasteiger partial charge in [0.05, 0.1) is 6.10 Å². The van der Waals surface area contributed by atoms with E-state index in [0.29, 0.717) is 17.6 Å².